The highest BCUT2D eigenvalue weighted by molar-refractivity contribution is 9.10. The van der Waals surface area contributed by atoms with Crippen molar-refractivity contribution in [2.75, 3.05) is 13.1 Å². The van der Waals surface area contributed by atoms with Gasteiger partial charge in [-0.15, -0.1) is 11.3 Å². The van der Waals surface area contributed by atoms with E-state index in [1.54, 1.807) is 11.4 Å². The fraction of sp³-hybridized carbons (Fsp3) is 0.455. The largest absolute Gasteiger partial charge is 0.480 e. The molecule has 0 fully saturated rings. The number of aliphatic carboxylic acids is 1. The first-order valence-electron chi connectivity index (χ1n) is 5.16. The van der Waals surface area contributed by atoms with Crippen molar-refractivity contribution in [3.63, 3.8) is 0 Å². The molecule has 0 bridgehead atoms. The molecule has 0 spiro atoms. The maximum absolute atomic E-state index is 12.1. The molecule has 1 heterocycles. The fourth-order valence-electron chi connectivity index (χ4n) is 1.41. The second-order valence-corrected chi connectivity index (χ2v) is 5.84. The monoisotopic (exact) mass is 319 g/mol. The van der Waals surface area contributed by atoms with Gasteiger partial charge in [-0.05, 0) is 33.3 Å². The molecule has 0 aromatic carbocycles. The molecule has 1 amide bonds. The average molecular weight is 320 g/mol. The van der Waals surface area contributed by atoms with Gasteiger partial charge >= 0.3 is 5.97 Å². The maximum atomic E-state index is 12.1. The lowest BCUT2D eigenvalue weighted by atomic mass is 10.2. The molecule has 0 saturated heterocycles. The molecular formula is C11H14BrNO3S. The summed E-state index contributed by atoms with van der Waals surface area (Å²) < 4.78 is 0.714. The first-order chi connectivity index (χ1) is 7.91. The summed E-state index contributed by atoms with van der Waals surface area (Å²) in [5, 5.41) is 10.6. The molecular weight excluding hydrogens is 306 g/mol. The highest BCUT2D eigenvalue weighted by Crippen LogP contribution is 2.24. The van der Waals surface area contributed by atoms with E-state index in [2.05, 4.69) is 15.9 Å². The summed E-state index contributed by atoms with van der Waals surface area (Å²) in [6.45, 7) is 4.08. The van der Waals surface area contributed by atoms with Gasteiger partial charge in [0.1, 0.15) is 11.4 Å². The second-order valence-electron chi connectivity index (χ2n) is 4.07. The molecule has 1 rings (SSSR count). The summed E-state index contributed by atoms with van der Waals surface area (Å²) >= 11 is 4.59. The first kappa shape index (κ1) is 14.2. The Morgan fingerprint density at radius 1 is 1.53 bits per heavy atom. The van der Waals surface area contributed by atoms with Crippen LogP contribution in [-0.4, -0.2) is 35.0 Å². The Bertz CT molecular complexity index is 417. The third-order valence-electron chi connectivity index (χ3n) is 2.01. The molecule has 0 saturated carbocycles. The Kier molecular flexibility index (Phi) is 5.14. The predicted molar refractivity (Wildman–Crippen MR) is 70.4 cm³/mol. The molecule has 0 unspecified atom stereocenters. The summed E-state index contributed by atoms with van der Waals surface area (Å²) in [5.41, 5.74) is 0. The number of hydrogen-bond donors (Lipinski definition) is 1. The zero-order valence-electron chi connectivity index (χ0n) is 9.64. The zero-order chi connectivity index (χ0) is 13.0. The summed E-state index contributed by atoms with van der Waals surface area (Å²) in [7, 11) is 0. The van der Waals surface area contributed by atoms with Crippen LogP contribution in [0.5, 0.6) is 0 Å². The molecule has 1 aromatic heterocycles. The second kappa shape index (κ2) is 6.16. The van der Waals surface area contributed by atoms with Crippen molar-refractivity contribution < 1.29 is 14.7 Å². The summed E-state index contributed by atoms with van der Waals surface area (Å²) in [4.78, 5) is 24.8. The van der Waals surface area contributed by atoms with Crippen molar-refractivity contribution in [3.05, 3.63) is 20.8 Å². The Morgan fingerprint density at radius 2 is 2.18 bits per heavy atom. The van der Waals surface area contributed by atoms with Crippen molar-refractivity contribution in [1.82, 2.24) is 4.90 Å². The quantitative estimate of drug-likeness (QED) is 0.907. The Hall–Kier alpha value is -0.880. The number of hydrogen-bond acceptors (Lipinski definition) is 3. The molecule has 0 radical (unpaired) electrons. The van der Waals surface area contributed by atoms with E-state index >= 15 is 0 Å². The highest BCUT2D eigenvalue weighted by atomic mass is 79.9. The molecule has 1 N–H and O–H groups in total. The molecule has 4 nitrogen and oxygen atoms in total. The lowest BCUT2D eigenvalue weighted by Gasteiger charge is -2.22. The molecule has 0 aliphatic heterocycles. The van der Waals surface area contributed by atoms with Crippen molar-refractivity contribution >= 4 is 39.1 Å². The number of carbonyl (C=O) groups excluding carboxylic acids is 1. The lowest BCUT2D eigenvalue weighted by Crippen LogP contribution is -2.38. The van der Waals surface area contributed by atoms with Crippen molar-refractivity contribution in [2.24, 2.45) is 5.92 Å². The van der Waals surface area contributed by atoms with E-state index < -0.39 is 5.97 Å². The summed E-state index contributed by atoms with van der Waals surface area (Å²) in [6.07, 6.45) is 0. The third kappa shape index (κ3) is 4.12. The van der Waals surface area contributed by atoms with Crippen LogP contribution in [-0.2, 0) is 4.79 Å². The van der Waals surface area contributed by atoms with Gasteiger partial charge in [-0.1, -0.05) is 13.8 Å². The van der Waals surface area contributed by atoms with Gasteiger partial charge in [0.25, 0.3) is 5.91 Å². The van der Waals surface area contributed by atoms with E-state index in [1.807, 2.05) is 13.8 Å². The number of rotatable bonds is 5. The molecule has 17 heavy (non-hydrogen) atoms. The minimum absolute atomic E-state index is 0.233. The van der Waals surface area contributed by atoms with Gasteiger partial charge < -0.3 is 10.0 Å². The van der Waals surface area contributed by atoms with Crippen LogP contribution in [0.4, 0.5) is 0 Å². The average Bonchev–Trinajstić information content (AvgIpc) is 2.61. The van der Waals surface area contributed by atoms with Crippen molar-refractivity contribution in [3.8, 4) is 0 Å². The van der Waals surface area contributed by atoms with E-state index in [0.29, 0.717) is 15.9 Å². The van der Waals surface area contributed by atoms with Gasteiger partial charge in [0, 0.05) is 11.0 Å². The van der Waals surface area contributed by atoms with Gasteiger partial charge in [-0.3, -0.25) is 9.59 Å². The highest BCUT2D eigenvalue weighted by Gasteiger charge is 2.22. The number of carboxylic acid groups (broad SMARTS) is 1. The van der Waals surface area contributed by atoms with E-state index in [4.69, 9.17) is 5.11 Å². The number of amides is 1. The lowest BCUT2D eigenvalue weighted by molar-refractivity contribution is -0.137. The van der Waals surface area contributed by atoms with Crippen LogP contribution in [0.3, 0.4) is 0 Å². The summed E-state index contributed by atoms with van der Waals surface area (Å²) in [6, 6.07) is 1.78. The fourth-order valence-corrected chi connectivity index (χ4v) is 2.92. The van der Waals surface area contributed by atoms with E-state index in [9.17, 15) is 9.59 Å². The van der Waals surface area contributed by atoms with Crippen molar-refractivity contribution in [2.45, 2.75) is 13.8 Å². The smallest absolute Gasteiger partial charge is 0.323 e. The Morgan fingerprint density at radius 3 is 2.59 bits per heavy atom. The van der Waals surface area contributed by atoms with Crippen LogP contribution < -0.4 is 0 Å². The Labute approximate surface area is 112 Å². The molecule has 6 heteroatoms. The van der Waals surface area contributed by atoms with Crippen LogP contribution in [0.25, 0.3) is 0 Å². The predicted octanol–water partition coefficient (Wildman–Crippen LogP) is 2.69. The molecule has 94 valence electrons. The molecule has 0 atom stereocenters. The van der Waals surface area contributed by atoms with Crippen LogP contribution in [0.1, 0.15) is 23.5 Å². The maximum Gasteiger partial charge on any atom is 0.323 e. The molecule has 1 aromatic rings. The number of thiophene rings is 1. The SMILES string of the molecule is CC(C)CN(CC(=O)O)C(=O)c1sccc1Br. The summed E-state index contributed by atoms with van der Waals surface area (Å²) in [5.74, 6) is -0.994. The van der Waals surface area contributed by atoms with Crippen molar-refractivity contribution in [1.29, 1.82) is 0 Å². The standard InChI is InChI=1S/C11H14BrNO3S/c1-7(2)5-13(6-9(14)15)11(16)10-8(12)3-4-17-10/h3-4,7H,5-6H2,1-2H3,(H,14,15). The van der Waals surface area contributed by atoms with E-state index in [1.165, 1.54) is 16.2 Å². The Balaban J connectivity index is 2.86. The van der Waals surface area contributed by atoms with Gasteiger partial charge in [0.05, 0.1) is 0 Å². The van der Waals surface area contributed by atoms with Crippen LogP contribution >= 0.6 is 27.3 Å². The zero-order valence-corrected chi connectivity index (χ0v) is 12.0. The van der Waals surface area contributed by atoms with E-state index in [0.717, 1.165) is 0 Å². The van der Waals surface area contributed by atoms with Crippen LogP contribution in [0.2, 0.25) is 0 Å². The molecule has 0 aliphatic carbocycles. The van der Waals surface area contributed by atoms with Gasteiger partial charge in [-0.25, -0.2) is 0 Å². The van der Waals surface area contributed by atoms with Gasteiger partial charge in [0.15, 0.2) is 0 Å². The van der Waals surface area contributed by atoms with E-state index in [-0.39, 0.29) is 18.4 Å². The van der Waals surface area contributed by atoms with Gasteiger partial charge in [0.2, 0.25) is 0 Å². The number of halogens is 1. The third-order valence-corrected chi connectivity index (χ3v) is 3.84. The normalized spacial score (nSPS) is 10.6. The van der Waals surface area contributed by atoms with Crippen LogP contribution in [0.15, 0.2) is 15.9 Å². The minimum atomic E-state index is -0.994. The topological polar surface area (TPSA) is 57.6 Å². The van der Waals surface area contributed by atoms with Gasteiger partial charge in [-0.2, -0.15) is 0 Å². The van der Waals surface area contributed by atoms with Crippen LogP contribution in [0, 0.1) is 5.92 Å². The number of nitrogens with zero attached hydrogens (tertiary/aromatic N) is 1. The molecule has 0 aliphatic rings. The number of carbonyl (C=O) groups is 2. The number of carboxylic acids is 1. The minimum Gasteiger partial charge on any atom is -0.480 e. The first-order valence-corrected chi connectivity index (χ1v) is 6.83.